The van der Waals surface area contributed by atoms with Crippen molar-refractivity contribution >= 4 is 33.9 Å². The second-order valence-electron chi connectivity index (χ2n) is 4.64. The lowest BCUT2D eigenvalue weighted by Crippen LogP contribution is -2.01. The number of alkyl halides is 2. The highest BCUT2D eigenvalue weighted by atomic mass is 35.5. The summed E-state index contributed by atoms with van der Waals surface area (Å²) < 4.78 is 31.1. The Morgan fingerprint density at radius 3 is 2.91 bits per heavy atom. The van der Waals surface area contributed by atoms with Crippen LogP contribution in [-0.4, -0.2) is 24.7 Å². The Morgan fingerprint density at radius 2 is 2.13 bits per heavy atom. The number of oxazole rings is 1. The highest BCUT2D eigenvalue weighted by Crippen LogP contribution is 2.31. The molecule has 0 saturated heterocycles. The smallest absolute Gasteiger partial charge is 0.407 e. The molecule has 4 aromatic rings. The van der Waals surface area contributed by atoms with Crippen molar-refractivity contribution in [3.63, 3.8) is 0 Å². The van der Waals surface area contributed by atoms with E-state index in [-0.39, 0.29) is 16.7 Å². The molecule has 0 aliphatic heterocycles. The van der Waals surface area contributed by atoms with E-state index in [0.717, 1.165) is 0 Å². The molecule has 0 radical (unpaired) electrons. The van der Waals surface area contributed by atoms with Gasteiger partial charge in [0.05, 0.1) is 23.1 Å². The lowest BCUT2D eigenvalue weighted by Gasteiger charge is -2.03. The number of aromatic amines is 1. The maximum atomic E-state index is 12.8. The van der Waals surface area contributed by atoms with Gasteiger partial charge in [-0.25, -0.2) is 14.8 Å². The Bertz CT molecular complexity index is 1100. The van der Waals surface area contributed by atoms with Gasteiger partial charge in [-0.2, -0.15) is 18.6 Å². The van der Waals surface area contributed by atoms with Crippen LogP contribution in [0.15, 0.2) is 33.7 Å². The molecule has 0 aliphatic rings. The summed E-state index contributed by atoms with van der Waals surface area (Å²) >= 11 is 6.00. The summed E-state index contributed by atoms with van der Waals surface area (Å²) in [4.78, 5) is 22.1. The topological polar surface area (TPSA) is 89.6 Å². The summed E-state index contributed by atoms with van der Waals surface area (Å²) in [5.74, 6) is -0.658. The van der Waals surface area contributed by atoms with Crippen LogP contribution < -0.4 is 5.76 Å². The van der Waals surface area contributed by atoms with Gasteiger partial charge in [-0.3, -0.25) is 4.98 Å². The Morgan fingerprint density at radius 1 is 1.30 bits per heavy atom. The van der Waals surface area contributed by atoms with Crippen LogP contribution in [0, 0.1) is 0 Å². The number of benzene rings is 1. The van der Waals surface area contributed by atoms with Gasteiger partial charge in [0, 0.05) is 5.56 Å². The average molecular weight is 338 g/mol. The molecule has 0 atom stereocenters. The van der Waals surface area contributed by atoms with E-state index in [4.69, 9.17) is 16.0 Å². The van der Waals surface area contributed by atoms with Gasteiger partial charge >= 0.3 is 12.3 Å². The zero-order chi connectivity index (χ0) is 16.1. The van der Waals surface area contributed by atoms with Crippen molar-refractivity contribution < 1.29 is 13.2 Å². The van der Waals surface area contributed by atoms with Gasteiger partial charge in [0.1, 0.15) is 11.0 Å². The third-order valence-corrected chi connectivity index (χ3v) is 3.61. The van der Waals surface area contributed by atoms with Gasteiger partial charge in [-0.05, 0) is 12.1 Å². The fourth-order valence-corrected chi connectivity index (χ4v) is 2.50. The zero-order valence-corrected chi connectivity index (χ0v) is 11.9. The molecule has 23 heavy (non-hydrogen) atoms. The molecule has 0 spiro atoms. The SMILES string of the molecule is O=c1[nH]c2c(Cl)ccc(-c3cnc4c(cnn4C(F)F)n3)c2o1. The minimum Gasteiger partial charge on any atom is -0.407 e. The third kappa shape index (κ3) is 2.08. The fraction of sp³-hybridized carbons (Fsp3) is 0.0769. The molecule has 0 saturated carbocycles. The van der Waals surface area contributed by atoms with E-state index in [1.807, 2.05) is 0 Å². The van der Waals surface area contributed by atoms with Gasteiger partial charge in [0.2, 0.25) is 0 Å². The first-order valence-electron chi connectivity index (χ1n) is 6.34. The lowest BCUT2D eigenvalue weighted by atomic mass is 10.1. The van der Waals surface area contributed by atoms with E-state index in [1.165, 1.54) is 12.4 Å². The summed E-state index contributed by atoms with van der Waals surface area (Å²) in [5, 5.41) is 3.87. The number of halogens is 3. The minimum atomic E-state index is -2.81. The van der Waals surface area contributed by atoms with Crippen LogP contribution in [0.25, 0.3) is 33.5 Å². The molecule has 4 rings (SSSR count). The van der Waals surface area contributed by atoms with Gasteiger partial charge in [-0.1, -0.05) is 11.6 Å². The van der Waals surface area contributed by atoms with Crippen LogP contribution in [0.5, 0.6) is 0 Å². The second kappa shape index (κ2) is 4.85. The van der Waals surface area contributed by atoms with E-state index in [1.54, 1.807) is 12.1 Å². The molecule has 116 valence electrons. The zero-order valence-electron chi connectivity index (χ0n) is 11.1. The van der Waals surface area contributed by atoms with E-state index < -0.39 is 12.3 Å². The molecule has 0 amide bonds. The number of hydrogen-bond donors (Lipinski definition) is 1. The van der Waals surface area contributed by atoms with E-state index in [2.05, 4.69) is 20.1 Å². The highest BCUT2D eigenvalue weighted by molar-refractivity contribution is 6.35. The molecular formula is C13H6ClF2N5O2. The predicted octanol–water partition coefficient (Wildman–Crippen LogP) is 2.98. The van der Waals surface area contributed by atoms with Crippen LogP contribution in [0.4, 0.5) is 8.78 Å². The standard InChI is InChI=1S/C13H6ClF2N5O2/c14-6-2-1-5(10-9(6)20-13(22)23-10)7-3-17-11-8(19-7)4-18-21(11)12(15)16/h1-4,12H,(H,20,22). The van der Waals surface area contributed by atoms with Gasteiger partial charge in [0.15, 0.2) is 11.2 Å². The normalized spacial score (nSPS) is 11.8. The molecule has 0 bridgehead atoms. The predicted molar refractivity (Wildman–Crippen MR) is 77.4 cm³/mol. The summed E-state index contributed by atoms with van der Waals surface area (Å²) in [6.45, 7) is -2.81. The molecule has 7 nitrogen and oxygen atoms in total. The quantitative estimate of drug-likeness (QED) is 0.607. The minimum absolute atomic E-state index is 0.0375. The number of nitrogens with one attached hydrogen (secondary N) is 1. The number of H-pyrrole nitrogens is 1. The van der Waals surface area contributed by atoms with E-state index in [9.17, 15) is 13.6 Å². The van der Waals surface area contributed by atoms with Crippen LogP contribution >= 0.6 is 11.6 Å². The summed E-state index contributed by atoms with van der Waals surface area (Å²) in [5.41, 5.74) is 1.52. The summed E-state index contributed by atoms with van der Waals surface area (Å²) in [7, 11) is 0. The van der Waals surface area contributed by atoms with Crippen molar-refractivity contribution in [2.45, 2.75) is 6.55 Å². The van der Waals surface area contributed by atoms with E-state index >= 15 is 0 Å². The number of nitrogens with zero attached hydrogens (tertiary/aromatic N) is 4. The van der Waals surface area contributed by atoms with Crippen LogP contribution in [0.2, 0.25) is 5.02 Å². The average Bonchev–Trinajstić information content (AvgIpc) is 3.10. The first-order valence-corrected chi connectivity index (χ1v) is 6.72. The second-order valence-corrected chi connectivity index (χ2v) is 5.05. The number of rotatable bonds is 2. The maximum absolute atomic E-state index is 12.8. The number of fused-ring (bicyclic) bond motifs is 2. The molecule has 1 aromatic carbocycles. The molecule has 3 heterocycles. The Hall–Kier alpha value is -2.81. The Labute approximate surface area is 130 Å². The molecule has 0 aliphatic carbocycles. The molecule has 3 aromatic heterocycles. The number of aromatic nitrogens is 5. The van der Waals surface area contributed by atoms with Crippen molar-refractivity contribution in [1.82, 2.24) is 24.7 Å². The monoisotopic (exact) mass is 337 g/mol. The van der Waals surface area contributed by atoms with Crippen LogP contribution in [0.1, 0.15) is 6.55 Å². The van der Waals surface area contributed by atoms with Gasteiger partial charge in [-0.15, -0.1) is 0 Å². The van der Waals surface area contributed by atoms with Crippen molar-refractivity contribution in [3.8, 4) is 11.3 Å². The molecular weight excluding hydrogens is 332 g/mol. The van der Waals surface area contributed by atoms with Gasteiger partial charge in [0.25, 0.3) is 0 Å². The van der Waals surface area contributed by atoms with Crippen molar-refractivity contribution in [1.29, 1.82) is 0 Å². The first kappa shape index (κ1) is 13.8. The van der Waals surface area contributed by atoms with Crippen molar-refractivity contribution in [2.75, 3.05) is 0 Å². The maximum Gasteiger partial charge on any atom is 0.417 e. The van der Waals surface area contributed by atoms with Crippen LogP contribution in [0.3, 0.4) is 0 Å². The largest absolute Gasteiger partial charge is 0.417 e. The van der Waals surface area contributed by atoms with Crippen molar-refractivity contribution in [3.05, 3.63) is 40.1 Å². The van der Waals surface area contributed by atoms with Crippen molar-refractivity contribution in [2.24, 2.45) is 0 Å². The molecule has 1 N–H and O–H groups in total. The Balaban J connectivity index is 1.96. The molecule has 0 fully saturated rings. The third-order valence-electron chi connectivity index (χ3n) is 3.29. The highest BCUT2D eigenvalue weighted by Gasteiger charge is 2.17. The lowest BCUT2D eigenvalue weighted by molar-refractivity contribution is 0.0608. The summed E-state index contributed by atoms with van der Waals surface area (Å²) in [6.07, 6.45) is 2.50. The first-order chi connectivity index (χ1) is 11.0. The van der Waals surface area contributed by atoms with Crippen LogP contribution in [-0.2, 0) is 0 Å². The summed E-state index contributed by atoms with van der Waals surface area (Å²) in [6, 6.07) is 3.17. The van der Waals surface area contributed by atoms with Gasteiger partial charge < -0.3 is 4.42 Å². The number of hydrogen-bond acceptors (Lipinski definition) is 5. The van der Waals surface area contributed by atoms with E-state index in [0.29, 0.717) is 26.5 Å². The molecule has 0 unspecified atom stereocenters. The Kier molecular flexibility index (Phi) is 2.91. The fourth-order valence-electron chi connectivity index (χ4n) is 2.31. The molecule has 10 heteroatoms.